The maximum absolute atomic E-state index is 8.87. The second kappa shape index (κ2) is 7.52. The molecule has 0 bridgehead atoms. The number of hydrogen-bond donors (Lipinski definition) is 2. The van der Waals surface area contributed by atoms with Gasteiger partial charge in [-0.3, -0.25) is 0 Å². The molecule has 2 N–H and O–H groups in total. The van der Waals surface area contributed by atoms with Gasteiger partial charge in [-0.05, 0) is 26.3 Å². The second-order valence-corrected chi connectivity index (χ2v) is 2.65. The molecule has 0 fully saturated rings. The summed E-state index contributed by atoms with van der Waals surface area (Å²) in [5.41, 5.74) is 0. The third kappa shape index (κ3) is 9.41. The van der Waals surface area contributed by atoms with Crippen LogP contribution in [0, 0.1) is 11.3 Å². The van der Waals surface area contributed by atoms with E-state index in [-0.39, 0.29) is 6.10 Å². The van der Waals surface area contributed by atoms with Gasteiger partial charge < -0.3 is 10.4 Å². The van der Waals surface area contributed by atoms with Gasteiger partial charge in [-0.25, -0.2) is 0 Å². The lowest BCUT2D eigenvalue weighted by atomic mass is 10.2. The van der Waals surface area contributed by atoms with Crippen molar-refractivity contribution >= 4 is 0 Å². The Morgan fingerprint density at radius 1 is 1.55 bits per heavy atom. The van der Waals surface area contributed by atoms with Gasteiger partial charge >= 0.3 is 0 Å². The first-order valence-electron chi connectivity index (χ1n) is 4.03. The molecular formula is C8H16N2O. The molecule has 0 radical (unpaired) electrons. The quantitative estimate of drug-likeness (QED) is 0.555. The van der Waals surface area contributed by atoms with E-state index in [1.54, 1.807) is 6.92 Å². The van der Waals surface area contributed by atoms with Crippen LogP contribution in [0.2, 0.25) is 0 Å². The van der Waals surface area contributed by atoms with Crippen LogP contribution in [-0.4, -0.2) is 24.3 Å². The molecule has 1 unspecified atom stereocenters. The molecular weight excluding hydrogens is 140 g/mol. The number of rotatable bonds is 6. The molecule has 0 aliphatic carbocycles. The number of hydrogen-bond acceptors (Lipinski definition) is 3. The van der Waals surface area contributed by atoms with Gasteiger partial charge in [-0.1, -0.05) is 0 Å². The van der Waals surface area contributed by atoms with Crippen molar-refractivity contribution in [2.45, 2.75) is 32.3 Å². The highest BCUT2D eigenvalue weighted by atomic mass is 16.3. The zero-order valence-electron chi connectivity index (χ0n) is 7.01. The van der Waals surface area contributed by atoms with Gasteiger partial charge in [0.2, 0.25) is 0 Å². The molecule has 0 amide bonds. The third-order valence-electron chi connectivity index (χ3n) is 1.39. The van der Waals surface area contributed by atoms with Gasteiger partial charge in [0, 0.05) is 13.0 Å². The van der Waals surface area contributed by atoms with Crippen molar-refractivity contribution in [3.63, 3.8) is 0 Å². The third-order valence-corrected chi connectivity index (χ3v) is 1.39. The maximum atomic E-state index is 8.87. The molecule has 0 rings (SSSR count). The average molecular weight is 156 g/mol. The van der Waals surface area contributed by atoms with E-state index in [1.165, 1.54) is 0 Å². The Bertz CT molecular complexity index is 118. The number of nitriles is 1. The van der Waals surface area contributed by atoms with E-state index < -0.39 is 0 Å². The molecule has 0 saturated carbocycles. The minimum Gasteiger partial charge on any atom is -0.393 e. The summed E-state index contributed by atoms with van der Waals surface area (Å²) in [5.74, 6) is 0. The molecule has 0 heterocycles. The van der Waals surface area contributed by atoms with Crippen LogP contribution >= 0.6 is 0 Å². The summed E-state index contributed by atoms with van der Waals surface area (Å²) < 4.78 is 0. The first-order chi connectivity index (χ1) is 5.27. The Labute approximate surface area is 68.0 Å². The molecule has 64 valence electrons. The van der Waals surface area contributed by atoms with Crippen LogP contribution in [0.1, 0.15) is 26.2 Å². The first kappa shape index (κ1) is 10.4. The Kier molecular flexibility index (Phi) is 7.11. The smallest absolute Gasteiger partial charge is 0.0635 e. The Morgan fingerprint density at radius 3 is 2.82 bits per heavy atom. The summed E-state index contributed by atoms with van der Waals surface area (Å²) in [5, 5.41) is 20.2. The summed E-state index contributed by atoms with van der Waals surface area (Å²) >= 11 is 0. The number of aliphatic hydroxyl groups excluding tert-OH is 1. The van der Waals surface area contributed by atoms with Crippen molar-refractivity contribution in [2.24, 2.45) is 0 Å². The molecule has 0 aromatic carbocycles. The summed E-state index contributed by atoms with van der Waals surface area (Å²) in [7, 11) is 0. The number of aliphatic hydroxyl groups is 1. The number of nitrogens with zero attached hydrogens (tertiary/aromatic N) is 1. The Hall–Kier alpha value is -0.590. The van der Waals surface area contributed by atoms with E-state index in [1.807, 2.05) is 0 Å². The van der Waals surface area contributed by atoms with E-state index in [2.05, 4.69) is 11.4 Å². The molecule has 3 heteroatoms. The first-order valence-corrected chi connectivity index (χ1v) is 4.03. The van der Waals surface area contributed by atoms with Gasteiger partial charge in [0.15, 0.2) is 0 Å². The minimum atomic E-state index is -0.201. The van der Waals surface area contributed by atoms with Crippen LogP contribution < -0.4 is 5.32 Å². The van der Waals surface area contributed by atoms with E-state index in [0.717, 1.165) is 25.9 Å². The highest BCUT2D eigenvalue weighted by molar-refractivity contribution is 4.69. The molecule has 0 saturated heterocycles. The molecule has 3 nitrogen and oxygen atoms in total. The molecule has 11 heavy (non-hydrogen) atoms. The van der Waals surface area contributed by atoms with Crippen LogP contribution in [0.15, 0.2) is 0 Å². The fourth-order valence-electron chi connectivity index (χ4n) is 0.792. The summed E-state index contributed by atoms with van der Waals surface area (Å²) in [4.78, 5) is 0. The molecule has 0 spiro atoms. The maximum Gasteiger partial charge on any atom is 0.0635 e. The lowest BCUT2D eigenvalue weighted by Gasteiger charge is -2.03. The predicted octanol–water partition coefficient (Wildman–Crippen LogP) is 0.651. The van der Waals surface area contributed by atoms with E-state index in [0.29, 0.717) is 6.42 Å². The number of nitrogens with one attached hydrogen (secondary N) is 1. The zero-order valence-corrected chi connectivity index (χ0v) is 7.01. The standard InChI is InChI=1S/C8H16N2O/c1-8(11)4-2-6-10-7-3-5-9/h8,10-11H,2-4,6-7H2,1H3. The highest BCUT2D eigenvalue weighted by Crippen LogP contribution is 1.92. The lowest BCUT2D eigenvalue weighted by Crippen LogP contribution is -2.17. The van der Waals surface area contributed by atoms with Gasteiger partial charge in [0.05, 0.1) is 12.2 Å². The van der Waals surface area contributed by atoms with Gasteiger partial charge in [-0.15, -0.1) is 0 Å². The zero-order chi connectivity index (χ0) is 8.53. The average Bonchev–Trinajstić information content (AvgIpc) is 1.96. The SMILES string of the molecule is CC(O)CCCNCCC#N. The fraction of sp³-hybridized carbons (Fsp3) is 0.875. The van der Waals surface area contributed by atoms with Crippen molar-refractivity contribution in [1.82, 2.24) is 5.32 Å². The predicted molar refractivity (Wildman–Crippen MR) is 44.0 cm³/mol. The molecule has 0 aromatic heterocycles. The topological polar surface area (TPSA) is 56.0 Å². The Morgan fingerprint density at radius 2 is 2.27 bits per heavy atom. The van der Waals surface area contributed by atoms with E-state index in [4.69, 9.17) is 10.4 Å². The normalized spacial score (nSPS) is 12.5. The molecule has 0 aromatic rings. The van der Waals surface area contributed by atoms with E-state index >= 15 is 0 Å². The van der Waals surface area contributed by atoms with Crippen molar-refractivity contribution in [1.29, 1.82) is 5.26 Å². The molecule has 0 aliphatic rings. The van der Waals surface area contributed by atoms with Crippen molar-refractivity contribution in [3.8, 4) is 6.07 Å². The van der Waals surface area contributed by atoms with E-state index in [9.17, 15) is 0 Å². The lowest BCUT2D eigenvalue weighted by molar-refractivity contribution is 0.181. The Balaban J connectivity index is 2.86. The van der Waals surface area contributed by atoms with Crippen molar-refractivity contribution in [2.75, 3.05) is 13.1 Å². The van der Waals surface area contributed by atoms with Crippen LogP contribution in [0.5, 0.6) is 0 Å². The largest absolute Gasteiger partial charge is 0.393 e. The highest BCUT2D eigenvalue weighted by Gasteiger charge is 1.93. The summed E-state index contributed by atoms with van der Waals surface area (Å²) in [6.07, 6.45) is 2.17. The van der Waals surface area contributed by atoms with Crippen LogP contribution in [0.3, 0.4) is 0 Å². The second-order valence-electron chi connectivity index (χ2n) is 2.65. The summed E-state index contributed by atoms with van der Waals surface area (Å²) in [6, 6.07) is 2.06. The van der Waals surface area contributed by atoms with Crippen LogP contribution in [0.4, 0.5) is 0 Å². The van der Waals surface area contributed by atoms with Gasteiger partial charge in [-0.2, -0.15) is 5.26 Å². The van der Waals surface area contributed by atoms with Crippen LogP contribution in [-0.2, 0) is 0 Å². The van der Waals surface area contributed by atoms with Crippen molar-refractivity contribution in [3.05, 3.63) is 0 Å². The van der Waals surface area contributed by atoms with Gasteiger partial charge in [0.1, 0.15) is 0 Å². The van der Waals surface area contributed by atoms with Crippen molar-refractivity contribution < 1.29 is 5.11 Å². The molecule has 1 atom stereocenters. The fourth-order valence-corrected chi connectivity index (χ4v) is 0.792. The summed E-state index contributed by atoms with van der Waals surface area (Å²) in [6.45, 7) is 3.44. The minimum absolute atomic E-state index is 0.201. The molecule has 0 aliphatic heterocycles. The van der Waals surface area contributed by atoms with Crippen LogP contribution in [0.25, 0.3) is 0 Å². The van der Waals surface area contributed by atoms with Gasteiger partial charge in [0.25, 0.3) is 0 Å². The monoisotopic (exact) mass is 156 g/mol.